The molecule has 0 heterocycles. The van der Waals surface area contributed by atoms with Gasteiger partial charge in [0.2, 0.25) is 0 Å². The standard InChI is InChI=1S/C35H29F/c1-3-5-7-9-32-23-24-33-26-31(22-25-34(33)35(32)36)21-20-30-18-16-29(17-19-30)15-14-28-12-10-27(11-13-28)8-6-4-2/h3-5,10-13,16-19,22-26H,2,6-9H2,1H3/b5-3+. The van der Waals surface area contributed by atoms with Crippen LogP contribution in [0.15, 0.2) is 104 Å². The molecule has 0 nitrogen and oxygen atoms in total. The zero-order chi connectivity index (χ0) is 25.2. The summed E-state index contributed by atoms with van der Waals surface area (Å²) < 4.78 is 14.9. The van der Waals surface area contributed by atoms with E-state index in [0.29, 0.717) is 11.8 Å². The quantitative estimate of drug-likeness (QED) is 0.197. The number of allylic oxidation sites excluding steroid dienone is 3. The van der Waals surface area contributed by atoms with E-state index in [1.54, 1.807) is 0 Å². The molecule has 0 aliphatic rings. The van der Waals surface area contributed by atoms with Crippen LogP contribution in [0, 0.1) is 29.5 Å². The second-order valence-corrected chi connectivity index (χ2v) is 8.68. The Morgan fingerprint density at radius 2 is 1.28 bits per heavy atom. The van der Waals surface area contributed by atoms with Crippen molar-refractivity contribution < 1.29 is 4.39 Å². The zero-order valence-corrected chi connectivity index (χ0v) is 20.7. The fraction of sp³-hybridized carbons (Fsp3) is 0.143. The molecule has 4 aromatic carbocycles. The zero-order valence-electron chi connectivity index (χ0n) is 20.7. The van der Waals surface area contributed by atoms with E-state index in [0.717, 1.165) is 52.5 Å². The van der Waals surface area contributed by atoms with Gasteiger partial charge in [-0.1, -0.05) is 72.2 Å². The Morgan fingerprint density at radius 3 is 1.89 bits per heavy atom. The van der Waals surface area contributed by atoms with Crippen LogP contribution in [-0.4, -0.2) is 0 Å². The molecule has 4 rings (SSSR count). The molecule has 0 bridgehead atoms. The van der Waals surface area contributed by atoms with Crippen molar-refractivity contribution in [2.75, 3.05) is 0 Å². The minimum Gasteiger partial charge on any atom is -0.206 e. The van der Waals surface area contributed by atoms with Crippen molar-refractivity contribution in [3.8, 4) is 23.7 Å². The van der Waals surface area contributed by atoms with Gasteiger partial charge in [0.25, 0.3) is 0 Å². The molecule has 0 aromatic heterocycles. The fourth-order valence-electron chi connectivity index (χ4n) is 3.96. The maximum Gasteiger partial charge on any atom is 0.134 e. The SMILES string of the molecule is C=CCCc1ccc(C#Cc2ccc(C#Cc3ccc4c(F)c(CC/C=C/C)ccc4c3)cc2)cc1. The lowest BCUT2D eigenvalue weighted by atomic mass is 10.0. The van der Waals surface area contributed by atoms with Gasteiger partial charge in [-0.2, -0.15) is 0 Å². The first kappa shape index (κ1) is 24.8. The Balaban J connectivity index is 1.43. The van der Waals surface area contributed by atoms with E-state index in [1.165, 1.54) is 5.56 Å². The Kier molecular flexibility index (Phi) is 8.53. The summed E-state index contributed by atoms with van der Waals surface area (Å²) in [7, 11) is 0. The third-order valence-electron chi connectivity index (χ3n) is 6.03. The van der Waals surface area contributed by atoms with E-state index in [2.05, 4.69) is 60.6 Å². The minimum absolute atomic E-state index is 0.128. The average molecular weight is 469 g/mol. The summed E-state index contributed by atoms with van der Waals surface area (Å²) in [5.74, 6) is 12.7. The first-order chi connectivity index (χ1) is 17.7. The van der Waals surface area contributed by atoms with Crippen LogP contribution in [0.5, 0.6) is 0 Å². The number of hydrogen-bond acceptors (Lipinski definition) is 0. The van der Waals surface area contributed by atoms with Crippen molar-refractivity contribution in [1.82, 2.24) is 0 Å². The first-order valence-electron chi connectivity index (χ1n) is 12.3. The molecule has 176 valence electrons. The molecule has 0 unspecified atom stereocenters. The maximum atomic E-state index is 14.9. The number of rotatable bonds is 6. The van der Waals surface area contributed by atoms with E-state index in [1.807, 2.05) is 73.7 Å². The van der Waals surface area contributed by atoms with Crippen LogP contribution in [0.1, 0.15) is 53.1 Å². The van der Waals surface area contributed by atoms with Crippen LogP contribution in [-0.2, 0) is 12.8 Å². The Labute approximate surface area is 214 Å². The van der Waals surface area contributed by atoms with Gasteiger partial charge in [0, 0.05) is 27.6 Å². The van der Waals surface area contributed by atoms with Gasteiger partial charge in [-0.25, -0.2) is 4.39 Å². The van der Waals surface area contributed by atoms with Crippen molar-refractivity contribution in [3.63, 3.8) is 0 Å². The number of fused-ring (bicyclic) bond motifs is 1. The van der Waals surface area contributed by atoms with Crippen molar-refractivity contribution >= 4 is 10.8 Å². The van der Waals surface area contributed by atoms with Crippen LogP contribution >= 0.6 is 0 Å². The number of hydrogen-bond donors (Lipinski definition) is 0. The summed E-state index contributed by atoms with van der Waals surface area (Å²) in [6, 6.07) is 25.8. The minimum atomic E-state index is -0.128. The molecule has 1 heteroatoms. The van der Waals surface area contributed by atoms with Gasteiger partial charge in [0.05, 0.1) is 0 Å². The molecule has 0 spiro atoms. The number of aryl methyl sites for hydroxylation is 2. The highest BCUT2D eigenvalue weighted by Gasteiger charge is 2.07. The molecule has 0 saturated carbocycles. The van der Waals surface area contributed by atoms with E-state index < -0.39 is 0 Å². The van der Waals surface area contributed by atoms with Crippen molar-refractivity contribution in [2.45, 2.75) is 32.6 Å². The predicted octanol–water partition coefficient (Wildman–Crippen LogP) is 8.41. The van der Waals surface area contributed by atoms with Crippen LogP contribution in [0.4, 0.5) is 4.39 Å². The summed E-state index contributed by atoms with van der Waals surface area (Å²) in [5.41, 5.74) is 5.77. The summed E-state index contributed by atoms with van der Waals surface area (Å²) in [5, 5.41) is 1.52. The van der Waals surface area contributed by atoms with E-state index in [-0.39, 0.29) is 5.82 Å². The average Bonchev–Trinajstić information content (AvgIpc) is 2.92. The van der Waals surface area contributed by atoms with Gasteiger partial charge in [-0.05, 0) is 97.7 Å². The van der Waals surface area contributed by atoms with Crippen LogP contribution in [0.3, 0.4) is 0 Å². The maximum absolute atomic E-state index is 14.9. The second-order valence-electron chi connectivity index (χ2n) is 8.68. The Hall–Kier alpha value is -4.33. The van der Waals surface area contributed by atoms with Gasteiger partial charge in [0.15, 0.2) is 0 Å². The molecule has 0 N–H and O–H groups in total. The van der Waals surface area contributed by atoms with Gasteiger partial charge in [0.1, 0.15) is 5.82 Å². The molecule has 0 fully saturated rings. The summed E-state index contributed by atoms with van der Waals surface area (Å²) in [6.07, 6.45) is 9.54. The second kappa shape index (κ2) is 12.4. The molecule has 4 aromatic rings. The van der Waals surface area contributed by atoms with Gasteiger partial charge in [-0.3, -0.25) is 0 Å². The third-order valence-corrected chi connectivity index (χ3v) is 6.03. The van der Waals surface area contributed by atoms with E-state index in [9.17, 15) is 4.39 Å². The van der Waals surface area contributed by atoms with Crippen molar-refractivity contribution in [3.05, 3.63) is 143 Å². The van der Waals surface area contributed by atoms with Crippen LogP contribution in [0.25, 0.3) is 10.8 Å². The number of benzene rings is 4. The third kappa shape index (κ3) is 6.63. The normalized spacial score (nSPS) is 10.5. The van der Waals surface area contributed by atoms with Crippen LogP contribution in [0.2, 0.25) is 0 Å². The highest BCUT2D eigenvalue weighted by molar-refractivity contribution is 5.85. The Morgan fingerprint density at radius 1 is 0.694 bits per heavy atom. The lowest BCUT2D eigenvalue weighted by molar-refractivity contribution is 0.621. The highest BCUT2D eigenvalue weighted by atomic mass is 19.1. The van der Waals surface area contributed by atoms with Crippen molar-refractivity contribution in [2.24, 2.45) is 0 Å². The first-order valence-corrected chi connectivity index (χ1v) is 12.3. The topological polar surface area (TPSA) is 0 Å². The van der Waals surface area contributed by atoms with E-state index >= 15 is 0 Å². The van der Waals surface area contributed by atoms with Crippen LogP contribution < -0.4 is 0 Å². The van der Waals surface area contributed by atoms with Gasteiger partial charge in [-0.15, -0.1) is 6.58 Å². The molecule has 0 radical (unpaired) electrons. The molecule has 0 amide bonds. The molecule has 0 aliphatic carbocycles. The van der Waals surface area contributed by atoms with E-state index in [4.69, 9.17) is 0 Å². The molecular weight excluding hydrogens is 439 g/mol. The lowest BCUT2D eigenvalue weighted by Crippen LogP contribution is -1.92. The largest absolute Gasteiger partial charge is 0.206 e. The molecule has 0 aliphatic heterocycles. The molecule has 36 heavy (non-hydrogen) atoms. The summed E-state index contributed by atoms with van der Waals surface area (Å²) in [6.45, 7) is 5.75. The summed E-state index contributed by atoms with van der Waals surface area (Å²) >= 11 is 0. The molecular formula is C35H29F. The number of halogens is 1. The molecule has 0 atom stereocenters. The van der Waals surface area contributed by atoms with Gasteiger partial charge >= 0.3 is 0 Å². The molecule has 0 saturated heterocycles. The predicted molar refractivity (Wildman–Crippen MR) is 150 cm³/mol. The summed E-state index contributed by atoms with van der Waals surface area (Å²) in [4.78, 5) is 0. The smallest absolute Gasteiger partial charge is 0.134 e. The Bertz CT molecular complexity index is 1500. The lowest BCUT2D eigenvalue weighted by Gasteiger charge is -2.06. The monoisotopic (exact) mass is 468 g/mol. The highest BCUT2D eigenvalue weighted by Crippen LogP contribution is 2.23. The van der Waals surface area contributed by atoms with Gasteiger partial charge < -0.3 is 0 Å². The van der Waals surface area contributed by atoms with Crippen molar-refractivity contribution in [1.29, 1.82) is 0 Å². The fourth-order valence-corrected chi connectivity index (χ4v) is 3.96.